The third-order valence-corrected chi connectivity index (χ3v) is 5.44. The molecule has 26 heavy (non-hydrogen) atoms. The van der Waals surface area contributed by atoms with Crippen molar-refractivity contribution in [3.63, 3.8) is 0 Å². The van der Waals surface area contributed by atoms with Crippen LogP contribution in [0.5, 0.6) is 0 Å². The molecule has 0 aromatic heterocycles. The van der Waals surface area contributed by atoms with Crippen molar-refractivity contribution >= 4 is 6.29 Å². The van der Waals surface area contributed by atoms with Gasteiger partial charge in [-0.2, -0.15) is 0 Å². The van der Waals surface area contributed by atoms with E-state index < -0.39 is 5.54 Å². The molecule has 6 nitrogen and oxygen atoms in total. The molecule has 0 amide bonds. The number of aryl methyl sites for hydroxylation is 1. The molecule has 2 aliphatic heterocycles. The first-order valence-electron chi connectivity index (χ1n) is 9.65. The van der Waals surface area contributed by atoms with Crippen molar-refractivity contribution in [1.29, 1.82) is 0 Å². The summed E-state index contributed by atoms with van der Waals surface area (Å²) >= 11 is 0. The highest BCUT2D eigenvalue weighted by molar-refractivity contribution is 5.62. The monoisotopic (exact) mass is 361 g/mol. The van der Waals surface area contributed by atoms with Crippen LogP contribution in [-0.2, 0) is 20.7 Å². The molecule has 2 aliphatic rings. The minimum absolute atomic E-state index is 0.206. The molecule has 0 radical (unpaired) electrons. The number of carbonyl (C=O) groups excluding carboxylic acids is 1. The van der Waals surface area contributed by atoms with E-state index in [0.29, 0.717) is 39.1 Å². The van der Waals surface area contributed by atoms with Gasteiger partial charge < -0.3 is 9.47 Å². The Morgan fingerprint density at radius 3 is 2.54 bits per heavy atom. The van der Waals surface area contributed by atoms with Crippen LogP contribution in [0.4, 0.5) is 0 Å². The Bertz CT molecular complexity index is 579. The molecule has 0 spiro atoms. The van der Waals surface area contributed by atoms with Crippen molar-refractivity contribution in [3.8, 4) is 0 Å². The number of aldehydes is 1. The molecule has 1 aromatic carbocycles. The number of rotatable bonds is 8. The van der Waals surface area contributed by atoms with Crippen molar-refractivity contribution in [1.82, 2.24) is 5.01 Å². The van der Waals surface area contributed by atoms with Gasteiger partial charge in [-0.05, 0) is 31.2 Å². The summed E-state index contributed by atoms with van der Waals surface area (Å²) in [6, 6.07) is 10.4. The molecule has 0 unspecified atom stereocenters. The van der Waals surface area contributed by atoms with Gasteiger partial charge in [-0.25, -0.2) is 0 Å². The van der Waals surface area contributed by atoms with Gasteiger partial charge in [0.05, 0.1) is 50.2 Å². The van der Waals surface area contributed by atoms with Gasteiger partial charge in [0.25, 0.3) is 0 Å². The second kappa shape index (κ2) is 9.24. The van der Waals surface area contributed by atoms with Gasteiger partial charge in [-0.15, -0.1) is 5.01 Å². The summed E-state index contributed by atoms with van der Waals surface area (Å²) in [4.78, 5) is 25.2. The van der Waals surface area contributed by atoms with Crippen LogP contribution >= 0.6 is 0 Å². The predicted molar refractivity (Wildman–Crippen MR) is 97.8 cm³/mol. The maximum atomic E-state index is 12.7. The molecule has 2 fully saturated rings. The van der Waals surface area contributed by atoms with E-state index in [0.717, 1.165) is 43.4 Å². The molecule has 2 heterocycles. The van der Waals surface area contributed by atoms with Crippen LogP contribution in [0.15, 0.2) is 30.3 Å². The van der Waals surface area contributed by atoms with Gasteiger partial charge >= 0.3 is 5.54 Å². The summed E-state index contributed by atoms with van der Waals surface area (Å²) in [5, 5.41) is 1.77. The first kappa shape index (κ1) is 19.0. The largest absolute Gasteiger partial charge is 0.381 e. The van der Waals surface area contributed by atoms with Crippen molar-refractivity contribution in [2.45, 2.75) is 50.2 Å². The Kier molecular flexibility index (Phi) is 6.74. The van der Waals surface area contributed by atoms with Crippen LogP contribution in [0.3, 0.4) is 0 Å². The molecule has 0 N–H and O–H groups in total. The summed E-state index contributed by atoms with van der Waals surface area (Å²) in [7, 11) is 0. The Hall–Kier alpha value is -1.79. The zero-order valence-electron chi connectivity index (χ0n) is 15.3. The zero-order valence-corrected chi connectivity index (χ0v) is 15.3. The number of ether oxygens (including phenoxy) is 2. The quantitative estimate of drug-likeness (QED) is 0.405. The van der Waals surface area contributed by atoms with Crippen LogP contribution in [-0.4, -0.2) is 60.7 Å². The fourth-order valence-electron chi connectivity index (χ4n) is 3.72. The average Bonchev–Trinajstić information content (AvgIpc) is 2.72. The number of nitrogens with zero attached hydrogens (tertiary/aromatic N) is 2. The summed E-state index contributed by atoms with van der Waals surface area (Å²) in [6.45, 7) is 2.97. The second-order valence-electron chi connectivity index (χ2n) is 7.22. The normalized spacial score (nSPS) is 20.7. The van der Waals surface area contributed by atoms with E-state index in [4.69, 9.17) is 9.47 Å². The van der Waals surface area contributed by atoms with Crippen molar-refractivity contribution in [3.05, 3.63) is 40.8 Å². The highest BCUT2D eigenvalue weighted by atomic mass is 16.5. The minimum Gasteiger partial charge on any atom is -0.381 e. The van der Waals surface area contributed by atoms with Crippen LogP contribution < -0.4 is 0 Å². The molecular weight excluding hydrogens is 332 g/mol. The van der Waals surface area contributed by atoms with Crippen LogP contribution in [0.25, 0.3) is 0 Å². The molecule has 0 aliphatic carbocycles. The van der Waals surface area contributed by atoms with Gasteiger partial charge in [-0.1, -0.05) is 30.3 Å². The fourth-order valence-corrected chi connectivity index (χ4v) is 3.72. The summed E-state index contributed by atoms with van der Waals surface area (Å²) < 4.78 is 11.3. The van der Waals surface area contributed by atoms with E-state index in [1.54, 1.807) is 5.01 Å². The molecule has 142 valence electrons. The second-order valence-corrected chi connectivity index (χ2v) is 7.22. The van der Waals surface area contributed by atoms with E-state index in [-0.39, 0.29) is 6.10 Å². The van der Waals surface area contributed by atoms with E-state index in [1.165, 1.54) is 5.56 Å². The van der Waals surface area contributed by atoms with Crippen molar-refractivity contribution in [2.75, 3.05) is 32.9 Å². The van der Waals surface area contributed by atoms with Crippen LogP contribution in [0.2, 0.25) is 0 Å². The third kappa shape index (κ3) is 4.68. The number of nitroso groups, excluding NO2 is 1. The summed E-state index contributed by atoms with van der Waals surface area (Å²) in [5.74, 6) is 0. The number of carbonyl (C=O) groups is 1. The number of benzene rings is 1. The van der Waals surface area contributed by atoms with Crippen molar-refractivity contribution < 1.29 is 19.1 Å². The smallest absolute Gasteiger partial charge is 0.302 e. The van der Waals surface area contributed by atoms with E-state index >= 15 is 0 Å². The van der Waals surface area contributed by atoms with E-state index in [9.17, 15) is 9.70 Å². The maximum Gasteiger partial charge on any atom is 0.302 e. The number of piperidine rings is 1. The van der Waals surface area contributed by atoms with Gasteiger partial charge in [0.1, 0.15) is 4.87 Å². The molecular formula is C20H29N2O4+. The maximum absolute atomic E-state index is 12.7. The molecule has 6 heteroatoms. The third-order valence-electron chi connectivity index (χ3n) is 5.44. The highest BCUT2D eigenvalue weighted by Crippen LogP contribution is 2.26. The summed E-state index contributed by atoms with van der Waals surface area (Å²) in [5.41, 5.74) is 0.394. The first-order valence-corrected chi connectivity index (χ1v) is 9.65. The van der Waals surface area contributed by atoms with Gasteiger partial charge in [0.2, 0.25) is 0 Å². The van der Waals surface area contributed by atoms with E-state index in [1.807, 2.05) is 6.07 Å². The fraction of sp³-hybridized carbons (Fsp3) is 0.650. The molecule has 0 saturated carbocycles. The lowest BCUT2D eigenvalue weighted by molar-refractivity contribution is -0.757. The van der Waals surface area contributed by atoms with Crippen LogP contribution in [0.1, 0.15) is 37.7 Å². The van der Waals surface area contributed by atoms with E-state index in [2.05, 4.69) is 24.3 Å². The molecule has 2 saturated heterocycles. The minimum atomic E-state index is -0.943. The molecule has 3 rings (SSSR count). The van der Waals surface area contributed by atoms with Crippen molar-refractivity contribution in [2.24, 2.45) is 0 Å². The lowest BCUT2D eigenvalue weighted by Crippen LogP contribution is -2.56. The molecule has 0 atom stereocenters. The van der Waals surface area contributed by atoms with Gasteiger partial charge in [-0.3, -0.25) is 4.79 Å². The Balaban J connectivity index is 1.38. The Labute approximate surface area is 155 Å². The lowest BCUT2D eigenvalue weighted by Gasteiger charge is -2.32. The topological polar surface area (TPSA) is 58.9 Å². The average molecular weight is 361 g/mol. The Morgan fingerprint density at radius 1 is 1.19 bits per heavy atom. The SMILES string of the molecule is O=CC1([N+](=O)N2CCC(OCCCc3ccccc3)CC2)CCOCC1. The molecule has 0 bridgehead atoms. The van der Waals surface area contributed by atoms with Gasteiger partial charge in [0, 0.05) is 6.61 Å². The number of hydrazine groups is 1. The standard InChI is InChI=1S/C20H29N2O4/c23-17-20(10-15-25-16-11-20)22(24)21-12-8-19(9-13-21)26-14-4-7-18-5-2-1-3-6-18/h1-3,5-6,17,19H,4,7-16H2/q+1. The number of hydrogen-bond acceptors (Lipinski definition) is 4. The lowest BCUT2D eigenvalue weighted by atomic mass is 9.92. The van der Waals surface area contributed by atoms with Crippen LogP contribution in [0, 0.1) is 4.91 Å². The zero-order chi connectivity index (χ0) is 18.2. The Morgan fingerprint density at radius 2 is 1.88 bits per heavy atom. The first-order chi connectivity index (χ1) is 12.7. The predicted octanol–water partition coefficient (Wildman–Crippen LogP) is 2.54. The molecule has 1 aromatic rings. The van der Waals surface area contributed by atoms with Gasteiger partial charge in [0.15, 0.2) is 6.29 Å². The number of hydrogen-bond donors (Lipinski definition) is 0. The summed E-state index contributed by atoms with van der Waals surface area (Å²) in [6.07, 6.45) is 5.65. The highest BCUT2D eigenvalue weighted by Gasteiger charge is 2.51.